The molecule has 0 unspecified atom stereocenters. The highest BCUT2D eigenvalue weighted by atomic mass is 127. The molecule has 0 amide bonds. The van der Waals surface area contributed by atoms with Crippen LogP contribution in [0.4, 0.5) is 0 Å². The lowest BCUT2D eigenvalue weighted by molar-refractivity contribution is 1.09. The summed E-state index contributed by atoms with van der Waals surface area (Å²) in [5.41, 5.74) is 2.78. The molecule has 0 N–H and O–H groups in total. The molecule has 0 fully saturated rings. The van der Waals surface area contributed by atoms with Gasteiger partial charge in [0.25, 0.3) is 0 Å². The smallest absolute Gasteiger partial charge is 0.161 e. The Labute approximate surface area is 124 Å². The topological polar surface area (TPSA) is 25.8 Å². The fraction of sp³-hybridized carbons (Fsp3) is 0.167. The first-order chi connectivity index (χ1) is 7.99. The molecule has 0 radical (unpaired) electrons. The molecule has 0 bridgehead atoms. The minimum Gasteiger partial charge on any atom is -0.232 e. The average Bonchev–Trinajstić information content (AvgIpc) is 2.29. The van der Waals surface area contributed by atoms with E-state index in [0.29, 0.717) is 16.0 Å². The number of benzene rings is 1. The van der Waals surface area contributed by atoms with E-state index in [-0.39, 0.29) is 0 Å². The van der Waals surface area contributed by atoms with Crippen molar-refractivity contribution in [2.75, 3.05) is 0 Å². The third-order valence-electron chi connectivity index (χ3n) is 2.41. The highest BCUT2D eigenvalue weighted by molar-refractivity contribution is 14.1. The molecule has 2 rings (SSSR count). The van der Waals surface area contributed by atoms with Gasteiger partial charge in [0, 0.05) is 10.6 Å². The first-order valence-corrected chi connectivity index (χ1v) is 6.78. The van der Waals surface area contributed by atoms with Crippen LogP contribution in [0.25, 0.3) is 11.4 Å². The zero-order chi connectivity index (χ0) is 12.6. The summed E-state index contributed by atoms with van der Waals surface area (Å²) in [6.45, 7) is 3.87. The Kier molecular flexibility index (Phi) is 3.90. The van der Waals surface area contributed by atoms with Gasteiger partial charge < -0.3 is 0 Å². The standard InChI is InChI=1S/C12H9Cl2IN2/c1-6-3-4-8(5-9(6)13)12-16-7(2)10(15)11(14)17-12/h3-5H,1-2H3. The van der Waals surface area contributed by atoms with Crippen LogP contribution in [-0.4, -0.2) is 9.97 Å². The summed E-state index contributed by atoms with van der Waals surface area (Å²) in [5, 5.41) is 1.18. The van der Waals surface area contributed by atoms with Crippen LogP contribution in [0.1, 0.15) is 11.3 Å². The molecule has 0 spiro atoms. The van der Waals surface area contributed by atoms with Gasteiger partial charge in [-0.25, -0.2) is 9.97 Å². The van der Waals surface area contributed by atoms with E-state index in [0.717, 1.165) is 20.4 Å². The van der Waals surface area contributed by atoms with E-state index in [1.165, 1.54) is 0 Å². The molecule has 0 aliphatic carbocycles. The van der Waals surface area contributed by atoms with Gasteiger partial charge in [-0.05, 0) is 48.1 Å². The van der Waals surface area contributed by atoms with E-state index >= 15 is 0 Å². The van der Waals surface area contributed by atoms with Gasteiger partial charge in [-0.2, -0.15) is 0 Å². The first-order valence-electron chi connectivity index (χ1n) is 4.95. The maximum atomic E-state index is 6.08. The number of hydrogen-bond donors (Lipinski definition) is 0. The molecule has 0 aliphatic rings. The van der Waals surface area contributed by atoms with Crippen molar-refractivity contribution >= 4 is 45.8 Å². The quantitative estimate of drug-likeness (QED) is 0.532. The second kappa shape index (κ2) is 5.08. The molecular weight excluding hydrogens is 370 g/mol. The fourth-order valence-corrected chi connectivity index (χ4v) is 2.02. The van der Waals surface area contributed by atoms with Gasteiger partial charge in [0.2, 0.25) is 0 Å². The van der Waals surface area contributed by atoms with Crippen LogP contribution in [0.2, 0.25) is 10.2 Å². The molecule has 2 aromatic rings. The minimum atomic E-state index is 0.477. The van der Waals surface area contributed by atoms with E-state index in [2.05, 4.69) is 32.6 Å². The summed E-state index contributed by atoms with van der Waals surface area (Å²) in [4.78, 5) is 8.68. The fourth-order valence-electron chi connectivity index (χ4n) is 1.39. The summed E-state index contributed by atoms with van der Waals surface area (Å²) >= 11 is 14.3. The van der Waals surface area contributed by atoms with Crippen LogP contribution in [0, 0.1) is 17.4 Å². The van der Waals surface area contributed by atoms with Crippen molar-refractivity contribution in [1.82, 2.24) is 9.97 Å². The molecule has 88 valence electrons. The summed E-state index contributed by atoms with van der Waals surface area (Å²) < 4.78 is 0.881. The number of aromatic nitrogens is 2. The summed E-state index contributed by atoms with van der Waals surface area (Å²) in [6.07, 6.45) is 0. The van der Waals surface area contributed by atoms with Crippen molar-refractivity contribution < 1.29 is 0 Å². The molecule has 0 atom stereocenters. The number of nitrogens with zero attached hydrogens (tertiary/aromatic N) is 2. The van der Waals surface area contributed by atoms with Crippen LogP contribution in [-0.2, 0) is 0 Å². The lowest BCUT2D eigenvalue weighted by Crippen LogP contribution is -1.96. The Morgan fingerprint density at radius 2 is 1.82 bits per heavy atom. The Bertz CT molecular complexity index is 562. The molecule has 2 nitrogen and oxygen atoms in total. The normalized spacial score (nSPS) is 10.6. The van der Waals surface area contributed by atoms with Crippen LogP contribution >= 0.6 is 45.8 Å². The zero-order valence-electron chi connectivity index (χ0n) is 9.26. The van der Waals surface area contributed by atoms with E-state index in [1.54, 1.807) is 0 Å². The number of rotatable bonds is 1. The summed E-state index contributed by atoms with van der Waals surface area (Å²) in [5.74, 6) is 0.606. The average molecular weight is 379 g/mol. The van der Waals surface area contributed by atoms with E-state index in [9.17, 15) is 0 Å². The highest BCUT2D eigenvalue weighted by Crippen LogP contribution is 2.26. The minimum absolute atomic E-state index is 0.477. The molecule has 1 heterocycles. The number of aryl methyl sites for hydroxylation is 2. The Morgan fingerprint density at radius 3 is 2.41 bits per heavy atom. The Balaban J connectivity index is 2.57. The van der Waals surface area contributed by atoms with Gasteiger partial charge in [0.15, 0.2) is 5.82 Å². The molecule has 1 aromatic heterocycles. The van der Waals surface area contributed by atoms with E-state index in [4.69, 9.17) is 23.2 Å². The number of halogens is 3. The van der Waals surface area contributed by atoms with Crippen LogP contribution in [0.15, 0.2) is 18.2 Å². The predicted molar refractivity (Wildman–Crippen MR) is 79.7 cm³/mol. The van der Waals surface area contributed by atoms with Crippen molar-refractivity contribution in [2.24, 2.45) is 0 Å². The van der Waals surface area contributed by atoms with Crippen molar-refractivity contribution in [3.63, 3.8) is 0 Å². The Morgan fingerprint density at radius 1 is 1.12 bits per heavy atom. The maximum absolute atomic E-state index is 6.08. The van der Waals surface area contributed by atoms with Crippen molar-refractivity contribution in [3.05, 3.63) is 43.2 Å². The third-order valence-corrected chi connectivity index (χ3v) is 4.70. The largest absolute Gasteiger partial charge is 0.232 e. The van der Waals surface area contributed by atoms with Crippen LogP contribution in [0.3, 0.4) is 0 Å². The molecule has 0 saturated heterocycles. The van der Waals surface area contributed by atoms with E-state index < -0.39 is 0 Å². The highest BCUT2D eigenvalue weighted by Gasteiger charge is 2.09. The molecule has 5 heteroatoms. The summed E-state index contributed by atoms with van der Waals surface area (Å²) in [6, 6.07) is 5.75. The maximum Gasteiger partial charge on any atom is 0.161 e. The van der Waals surface area contributed by atoms with Gasteiger partial charge in [-0.3, -0.25) is 0 Å². The van der Waals surface area contributed by atoms with Crippen LogP contribution < -0.4 is 0 Å². The zero-order valence-corrected chi connectivity index (χ0v) is 12.9. The predicted octanol–water partition coefficient (Wildman–Crippen LogP) is 4.67. The lowest BCUT2D eigenvalue weighted by atomic mass is 10.1. The second-order valence-corrected chi connectivity index (χ2v) is 5.55. The van der Waals surface area contributed by atoms with Gasteiger partial charge in [-0.1, -0.05) is 35.3 Å². The van der Waals surface area contributed by atoms with Crippen molar-refractivity contribution in [3.8, 4) is 11.4 Å². The van der Waals surface area contributed by atoms with Crippen molar-refractivity contribution in [2.45, 2.75) is 13.8 Å². The van der Waals surface area contributed by atoms with E-state index in [1.807, 2.05) is 32.0 Å². The van der Waals surface area contributed by atoms with Crippen LogP contribution in [0.5, 0.6) is 0 Å². The molecule has 0 saturated carbocycles. The first kappa shape index (κ1) is 13.1. The second-order valence-electron chi connectivity index (χ2n) is 3.70. The molecule has 0 aliphatic heterocycles. The molecular formula is C12H9Cl2IN2. The van der Waals surface area contributed by atoms with Gasteiger partial charge in [-0.15, -0.1) is 0 Å². The van der Waals surface area contributed by atoms with Gasteiger partial charge >= 0.3 is 0 Å². The lowest BCUT2D eigenvalue weighted by Gasteiger charge is -2.06. The van der Waals surface area contributed by atoms with Crippen molar-refractivity contribution in [1.29, 1.82) is 0 Å². The monoisotopic (exact) mass is 378 g/mol. The molecule has 17 heavy (non-hydrogen) atoms. The molecule has 1 aromatic carbocycles. The SMILES string of the molecule is Cc1ccc(-c2nc(C)c(I)c(Cl)n2)cc1Cl. The number of hydrogen-bond acceptors (Lipinski definition) is 2. The van der Waals surface area contributed by atoms with Gasteiger partial charge in [0.05, 0.1) is 9.26 Å². The third kappa shape index (κ3) is 2.72. The Hall–Kier alpha value is -0.390. The van der Waals surface area contributed by atoms with Gasteiger partial charge in [0.1, 0.15) is 5.15 Å². The summed E-state index contributed by atoms with van der Waals surface area (Å²) in [7, 11) is 0.